The molecule has 1 aliphatic rings. The van der Waals surface area contributed by atoms with Crippen LogP contribution in [-0.2, 0) is 0 Å². The Kier molecular flexibility index (Phi) is 8.46. The van der Waals surface area contributed by atoms with Gasteiger partial charge in [0.25, 0.3) is 0 Å². The van der Waals surface area contributed by atoms with Crippen LogP contribution in [-0.4, -0.2) is 23.7 Å². The molecule has 11 aromatic rings. The van der Waals surface area contributed by atoms with Crippen LogP contribution in [0, 0.1) is 6.92 Å². The maximum absolute atomic E-state index is 5.32. The van der Waals surface area contributed by atoms with E-state index in [1.807, 2.05) is 0 Å². The first-order chi connectivity index (χ1) is 30.7. The molecule has 1 atom stereocenters. The second-order valence-corrected chi connectivity index (χ2v) is 16.2. The molecule has 0 N–H and O–H groups in total. The summed E-state index contributed by atoms with van der Waals surface area (Å²) in [5.41, 5.74) is 16.7. The van der Waals surface area contributed by atoms with Gasteiger partial charge in [0, 0.05) is 33.3 Å². The summed E-state index contributed by atoms with van der Waals surface area (Å²) in [6.07, 6.45) is 9.75. The lowest BCUT2D eigenvalue weighted by Crippen LogP contribution is -2.09. The molecule has 1 aliphatic carbocycles. The van der Waals surface area contributed by atoms with Crippen molar-refractivity contribution in [2.75, 3.05) is 0 Å². The zero-order valence-corrected chi connectivity index (χ0v) is 34.2. The zero-order valence-electron chi connectivity index (χ0n) is 34.2. The van der Waals surface area contributed by atoms with E-state index in [1.54, 1.807) is 0 Å². The van der Waals surface area contributed by atoms with E-state index in [2.05, 4.69) is 233 Å². The standard InChI is InChI=1S/C57H41N5/c1-38-28-32-43(33-29-38)60-52-34-30-39(44-20-8-10-22-46(44)56-58-50-24-12-14-26-54(50)61(56)41-16-4-2-5-17-41)36-48(52)49-37-40(31-35-53(49)60)45-21-9-11-23-47(45)57-59-51-25-13-15-27-55(51)62(57)42-18-6-3-7-19-42/h2-18,20-37,42H,19H2,1H3. The first-order valence-electron chi connectivity index (χ1n) is 21.4. The minimum absolute atomic E-state index is 0.177. The molecule has 0 saturated heterocycles. The number of rotatable bonds is 7. The van der Waals surface area contributed by atoms with Crippen molar-refractivity contribution >= 4 is 43.9 Å². The number of aromatic nitrogens is 5. The van der Waals surface area contributed by atoms with E-state index in [4.69, 9.17) is 9.97 Å². The van der Waals surface area contributed by atoms with Crippen molar-refractivity contribution in [1.82, 2.24) is 23.7 Å². The Bertz CT molecular complexity index is 3560. The van der Waals surface area contributed by atoms with E-state index < -0.39 is 0 Å². The largest absolute Gasteiger partial charge is 0.317 e. The van der Waals surface area contributed by atoms with Crippen LogP contribution in [0.25, 0.3) is 100 Å². The van der Waals surface area contributed by atoms with Crippen LogP contribution in [0.5, 0.6) is 0 Å². The molecule has 3 aromatic heterocycles. The van der Waals surface area contributed by atoms with Crippen molar-refractivity contribution in [2.45, 2.75) is 19.4 Å². The van der Waals surface area contributed by atoms with Gasteiger partial charge in [0.05, 0.1) is 39.1 Å². The highest BCUT2D eigenvalue weighted by Crippen LogP contribution is 2.42. The summed E-state index contributed by atoms with van der Waals surface area (Å²) in [7, 11) is 0. The smallest absolute Gasteiger partial charge is 0.146 e. The summed E-state index contributed by atoms with van der Waals surface area (Å²) < 4.78 is 7.12. The highest BCUT2D eigenvalue weighted by Gasteiger charge is 2.23. The summed E-state index contributed by atoms with van der Waals surface area (Å²) in [6.45, 7) is 2.14. The number of imidazole rings is 2. The van der Waals surface area contributed by atoms with Gasteiger partial charge in [0.2, 0.25) is 0 Å². The van der Waals surface area contributed by atoms with Crippen LogP contribution in [0.1, 0.15) is 18.0 Å². The number of benzene rings is 8. The quantitative estimate of drug-likeness (QED) is 0.161. The fourth-order valence-corrected chi connectivity index (χ4v) is 9.56. The van der Waals surface area contributed by atoms with Crippen molar-refractivity contribution < 1.29 is 0 Å². The minimum Gasteiger partial charge on any atom is -0.317 e. The van der Waals surface area contributed by atoms with E-state index in [1.165, 1.54) is 16.3 Å². The molecule has 0 amide bonds. The van der Waals surface area contributed by atoms with E-state index in [0.717, 1.165) is 95.9 Å². The van der Waals surface area contributed by atoms with Gasteiger partial charge < -0.3 is 9.13 Å². The Morgan fingerprint density at radius 1 is 0.435 bits per heavy atom. The predicted molar refractivity (Wildman–Crippen MR) is 257 cm³/mol. The second-order valence-electron chi connectivity index (χ2n) is 16.2. The lowest BCUT2D eigenvalue weighted by molar-refractivity contribution is 0.631. The van der Waals surface area contributed by atoms with E-state index in [0.29, 0.717) is 0 Å². The molecule has 0 fully saturated rings. The van der Waals surface area contributed by atoms with Crippen LogP contribution in [0.3, 0.4) is 0 Å². The minimum atomic E-state index is 0.177. The highest BCUT2D eigenvalue weighted by atomic mass is 15.1. The Hall–Kier alpha value is -8.02. The fraction of sp³-hybridized carbons (Fsp3) is 0.0526. The van der Waals surface area contributed by atoms with Crippen molar-refractivity contribution in [3.8, 4) is 56.4 Å². The van der Waals surface area contributed by atoms with Crippen molar-refractivity contribution in [2.24, 2.45) is 0 Å². The Morgan fingerprint density at radius 2 is 0.968 bits per heavy atom. The molecule has 0 spiro atoms. The number of para-hydroxylation sites is 5. The monoisotopic (exact) mass is 795 g/mol. The predicted octanol–water partition coefficient (Wildman–Crippen LogP) is 14.5. The summed E-state index contributed by atoms with van der Waals surface area (Å²) in [6, 6.07) is 67.9. The zero-order chi connectivity index (χ0) is 41.1. The number of hydrogen-bond acceptors (Lipinski definition) is 2. The maximum atomic E-state index is 5.32. The molecule has 5 nitrogen and oxygen atoms in total. The van der Waals surface area contributed by atoms with Gasteiger partial charge in [-0.05, 0) is 108 Å². The molecule has 5 heteroatoms. The first-order valence-corrected chi connectivity index (χ1v) is 21.4. The molecule has 8 aromatic carbocycles. The third-order valence-corrected chi connectivity index (χ3v) is 12.5. The van der Waals surface area contributed by atoms with Gasteiger partial charge in [0.15, 0.2) is 0 Å². The molecule has 0 saturated carbocycles. The highest BCUT2D eigenvalue weighted by molar-refractivity contribution is 6.12. The fourth-order valence-electron chi connectivity index (χ4n) is 9.56. The molecular weight excluding hydrogens is 755 g/mol. The van der Waals surface area contributed by atoms with Crippen molar-refractivity contribution in [1.29, 1.82) is 0 Å². The molecule has 62 heavy (non-hydrogen) atoms. The van der Waals surface area contributed by atoms with E-state index in [9.17, 15) is 0 Å². The number of allylic oxidation sites excluding steroid dienone is 4. The molecule has 1 unspecified atom stereocenters. The van der Waals surface area contributed by atoms with E-state index >= 15 is 0 Å². The van der Waals surface area contributed by atoms with Crippen LogP contribution in [0.2, 0.25) is 0 Å². The van der Waals surface area contributed by atoms with Gasteiger partial charge in [0.1, 0.15) is 11.6 Å². The average molecular weight is 796 g/mol. The normalized spacial score (nSPS) is 13.9. The number of hydrogen-bond donors (Lipinski definition) is 0. The van der Waals surface area contributed by atoms with Crippen LogP contribution in [0.4, 0.5) is 0 Å². The van der Waals surface area contributed by atoms with Gasteiger partial charge in [-0.25, -0.2) is 9.97 Å². The van der Waals surface area contributed by atoms with Crippen LogP contribution in [0.15, 0.2) is 212 Å². The molecule has 294 valence electrons. The SMILES string of the molecule is Cc1ccc(-n2c3ccc(-c4ccccc4-c4nc5ccccc5n4-c4ccccc4)cc3c3cc(-c4ccccc4-c4nc5ccccc5n4C4C=CC=CC4)ccc32)cc1. The first kappa shape index (κ1) is 35.9. The maximum Gasteiger partial charge on any atom is 0.146 e. The van der Waals surface area contributed by atoms with Gasteiger partial charge in [-0.15, -0.1) is 0 Å². The van der Waals surface area contributed by atoms with Crippen molar-refractivity contribution in [3.63, 3.8) is 0 Å². The number of nitrogens with zero attached hydrogens (tertiary/aromatic N) is 5. The Labute approximate surface area is 359 Å². The summed E-state index contributed by atoms with van der Waals surface area (Å²) in [5.74, 6) is 1.90. The topological polar surface area (TPSA) is 40.6 Å². The van der Waals surface area contributed by atoms with Crippen LogP contribution >= 0.6 is 0 Å². The summed E-state index contributed by atoms with van der Waals surface area (Å²) >= 11 is 0. The molecular formula is C57H41N5. The number of aryl methyl sites for hydroxylation is 1. The van der Waals surface area contributed by atoms with Crippen LogP contribution < -0.4 is 0 Å². The second kappa shape index (κ2) is 14.6. The molecule has 0 aliphatic heterocycles. The third kappa shape index (κ3) is 5.85. The average Bonchev–Trinajstić information content (AvgIpc) is 4.02. The molecule has 0 radical (unpaired) electrons. The Balaban J connectivity index is 1.07. The third-order valence-electron chi connectivity index (χ3n) is 12.5. The molecule has 3 heterocycles. The van der Waals surface area contributed by atoms with Gasteiger partial charge in [-0.3, -0.25) is 4.57 Å². The lowest BCUT2D eigenvalue weighted by atomic mass is 9.95. The molecule has 0 bridgehead atoms. The summed E-state index contributed by atoms with van der Waals surface area (Å²) in [4.78, 5) is 10.6. The Morgan fingerprint density at radius 3 is 1.61 bits per heavy atom. The summed E-state index contributed by atoms with van der Waals surface area (Å²) in [5, 5.41) is 2.38. The van der Waals surface area contributed by atoms with Crippen molar-refractivity contribution in [3.05, 3.63) is 218 Å². The number of fused-ring (bicyclic) bond motifs is 5. The van der Waals surface area contributed by atoms with Gasteiger partial charge in [-0.2, -0.15) is 0 Å². The van der Waals surface area contributed by atoms with Gasteiger partial charge >= 0.3 is 0 Å². The van der Waals surface area contributed by atoms with E-state index in [-0.39, 0.29) is 6.04 Å². The lowest BCUT2D eigenvalue weighted by Gasteiger charge is -2.20. The molecule has 12 rings (SSSR count). The van der Waals surface area contributed by atoms with Gasteiger partial charge in [-0.1, -0.05) is 145 Å².